The molecule has 39 heavy (non-hydrogen) atoms. The summed E-state index contributed by atoms with van der Waals surface area (Å²) in [6, 6.07) is 39.5. The summed E-state index contributed by atoms with van der Waals surface area (Å²) in [6.45, 7) is 0. The summed E-state index contributed by atoms with van der Waals surface area (Å²) in [5.41, 5.74) is 9.84. The molecular formula is C35H21N3O. The fraction of sp³-hybridized carbons (Fsp3) is 0. The average Bonchev–Trinajstić information content (AvgIpc) is 3.39. The zero-order chi connectivity index (χ0) is 25.8. The lowest BCUT2D eigenvalue weighted by molar-refractivity contribution is 0.669. The van der Waals surface area contributed by atoms with Crippen molar-refractivity contribution in [3.63, 3.8) is 0 Å². The molecule has 0 saturated heterocycles. The van der Waals surface area contributed by atoms with Crippen molar-refractivity contribution in [1.82, 2.24) is 15.0 Å². The molecule has 0 aliphatic carbocycles. The maximum atomic E-state index is 6.29. The first-order valence-electron chi connectivity index (χ1n) is 12.9. The van der Waals surface area contributed by atoms with E-state index >= 15 is 0 Å². The van der Waals surface area contributed by atoms with Gasteiger partial charge in [-0.2, -0.15) is 0 Å². The highest BCUT2D eigenvalue weighted by Crippen LogP contribution is 2.39. The Morgan fingerprint density at radius 2 is 1.28 bits per heavy atom. The van der Waals surface area contributed by atoms with Gasteiger partial charge in [-0.15, -0.1) is 0 Å². The van der Waals surface area contributed by atoms with E-state index in [9.17, 15) is 0 Å². The van der Waals surface area contributed by atoms with Crippen molar-refractivity contribution in [1.29, 1.82) is 0 Å². The van der Waals surface area contributed by atoms with Crippen LogP contribution in [0.15, 0.2) is 132 Å². The van der Waals surface area contributed by atoms with Gasteiger partial charge in [-0.1, -0.05) is 66.7 Å². The van der Waals surface area contributed by atoms with E-state index in [0.717, 1.165) is 77.4 Å². The van der Waals surface area contributed by atoms with Crippen LogP contribution in [0.1, 0.15) is 0 Å². The highest BCUT2D eigenvalue weighted by molar-refractivity contribution is 6.13. The van der Waals surface area contributed by atoms with Gasteiger partial charge in [0.25, 0.3) is 0 Å². The summed E-state index contributed by atoms with van der Waals surface area (Å²) >= 11 is 0. The van der Waals surface area contributed by atoms with Gasteiger partial charge in [0.2, 0.25) is 0 Å². The molecule has 0 aliphatic heterocycles. The van der Waals surface area contributed by atoms with Crippen molar-refractivity contribution < 1.29 is 4.42 Å². The van der Waals surface area contributed by atoms with Gasteiger partial charge in [0.05, 0.1) is 22.4 Å². The Kier molecular flexibility index (Phi) is 4.79. The van der Waals surface area contributed by atoms with Crippen molar-refractivity contribution in [2.75, 3.05) is 0 Å². The largest absolute Gasteiger partial charge is 0.456 e. The van der Waals surface area contributed by atoms with Gasteiger partial charge in [-0.05, 0) is 59.7 Å². The first kappa shape index (κ1) is 21.7. The maximum Gasteiger partial charge on any atom is 0.136 e. The molecule has 182 valence electrons. The minimum Gasteiger partial charge on any atom is -0.456 e. The zero-order valence-corrected chi connectivity index (χ0v) is 20.9. The number of nitrogens with zero attached hydrogens (tertiary/aromatic N) is 3. The molecule has 8 aromatic rings. The molecule has 4 heterocycles. The predicted molar refractivity (Wildman–Crippen MR) is 158 cm³/mol. The number of furan rings is 1. The first-order chi connectivity index (χ1) is 19.3. The third-order valence-electron chi connectivity index (χ3n) is 7.38. The molecule has 0 atom stereocenters. The van der Waals surface area contributed by atoms with Gasteiger partial charge in [0.1, 0.15) is 11.2 Å². The van der Waals surface area contributed by atoms with Crippen LogP contribution in [0.4, 0.5) is 0 Å². The summed E-state index contributed by atoms with van der Waals surface area (Å²) in [5.74, 6) is 0. The number of benzene rings is 4. The SMILES string of the molecule is c1ccc(-c2ccc(-c3cccc4oc5ccc(-c6ccc7ccc8cccnc8c7n6)cc5c34)cc2)nc1. The van der Waals surface area contributed by atoms with Gasteiger partial charge in [0, 0.05) is 45.1 Å². The van der Waals surface area contributed by atoms with Crippen molar-refractivity contribution in [2.24, 2.45) is 0 Å². The molecule has 4 aromatic heterocycles. The van der Waals surface area contributed by atoms with E-state index < -0.39 is 0 Å². The summed E-state index contributed by atoms with van der Waals surface area (Å²) in [4.78, 5) is 14.2. The zero-order valence-electron chi connectivity index (χ0n) is 20.9. The van der Waals surface area contributed by atoms with Crippen LogP contribution in [-0.4, -0.2) is 15.0 Å². The lowest BCUT2D eigenvalue weighted by Gasteiger charge is -2.07. The van der Waals surface area contributed by atoms with Gasteiger partial charge in [-0.25, -0.2) is 4.98 Å². The van der Waals surface area contributed by atoms with E-state index in [-0.39, 0.29) is 0 Å². The second-order valence-electron chi connectivity index (χ2n) is 9.69. The van der Waals surface area contributed by atoms with Crippen LogP contribution in [0.2, 0.25) is 0 Å². The number of fused-ring (bicyclic) bond motifs is 6. The van der Waals surface area contributed by atoms with E-state index in [2.05, 4.69) is 88.8 Å². The first-order valence-corrected chi connectivity index (χ1v) is 12.9. The smallest absolute Gasteiger partial charge is 0.136 e. The summed E-state index contributed by atoms with van der Waals surface area (Å²) < 4.78 is 6.29. The minimum atomic E-state index is 0.860. The van der Waals surface area contributed by atoms with Crippen molar-refractivity contribution in [3.8, 4) is 33.6 Å². The van der Waals surface area contributed by atoms with Crippen LogP contribution in [0.25, 0.3) is 77.4 Å². The number of aromatic nitrogens is 3. The van der Waals surface area contributed by atoms with Gasteiger partial charge in [0.15, 0.2) is 0 Å². The van der Waals surface area contributed by atoms with E-state index in [1.807, 2.05) is 48.8 Å². The fourth-order valence-electron chi connectivity index (χ4n) is 5.47. The quantitative estimate of drug-likeness (QED) is 0.228. The second-order valence-corrected chi connectivity index (χ2v) is 9.69. The van der Waals surface area contributed by atoms with E-state index in [0.29, 0.717) is 0 Å². The van der Waals surface area contributed by atoms with Crippen molar-refractivity contribution >= 4 is 43.7 Å². The Hall–Kier alpha value is -5.35. The van der Waals surface area contributed by atoms with Crippen LogP contribution in [0.3, 0.4) is 0 Å². The Morgan fingerprint density at radius 1 is 0.487 bits per heavy atom. The van der Waals surface area contributed by atoms with Crippen molar-refractivity contribution in [3.05, 3.63) is 128 Å². The fourth-order valence-corrected chi connectivity index (χ4v) is 5.47. The molecule has 0 N–H and O–H groups in total. The van der Waals surface area contributed by atoms with Crippen LogP contribution >= 0.6 is 0 Å². The van der Waals surface area contributed by atoms with E-state index in [1.54, 1.807) is 0 Å². The molecule has 0 aliphatic rings. The second kappa shape index (κ2) is 8.61. The van der Waals surface area contributed by atoms with E-state index in [1.165, 1.54) is 0 Å². The van der Waals surface area contributed by atoms with Gasteiger partial charge in [-0.3, -0.25) is 9.97 Å². The lowest BCUT2D eigenvalue weighted by atomic mass is 9.97. The normalized spacial score (nSPS) is 11.6. The third kappa shape index (κ3) is 3.57. The number of hydrogen-bond acceptors (Lipinski definition) is 4. The summed E-state index contributed by atoms with van der Waals surface area (Å²) in [6.07, 6.45) is 3.65. The molecule has 0 spiro atoms. The average molecular weight is 500 g/mol. The van der Waals surface area contributed by atoms with Gasteiger partial charge < -0.3 is 4.42 Å². The Morgan fingerprint density at radius 3 is 2.15 bits per heavy atom. The van der Waals surface area contributed by atoms with Crippen LogP contribution in [0, 0.1) is 0 Å². The Balaban J connectivity index is 1.28. The molecular weight excluding hydrogens is 478 g/mol. The third-order valence-corrected chi connectivity index (χ3v) is 7.38. The van der Waals surface area contributed by atoms with Crippen LogP contribution in [0.5, 0.6) is 0 Å². The maximum absolute atomic E-state index is 6.29. The number of hydrogen-bond donors (Lipinski definition) is 0. The van der Waals surface area contributed by atoms with Crippen molar-refractivity contribution in [2.45, 2.75) is 0 Å². The standard InChI is InChI=1S/C35H21N3O/c1-2-19-36-29(7-1)23-11-9-22(10-12-23)27-6-3-8-32-33(27)28-21-26(16-18-31(28)39-32)30-17-15-25-14-13-24-5-4-20-37-34(24)35(25)38-30/h1-21H. The molecule has 0 unspecified atom stereocenters. The monoisotopic (exact) mass is 499 g/mol. The summed E-state index contributed by atoms with van der Waals surface area (Å²) in [5, 5.41) is 4.35. The molecule has 0 radical (unpaired) electrons. The highest BCUT2D eigenvalue weighted by atomic mass is 16.3. The molecule has 0 amide bonds. The lowest BCUT2D eigenvalue weighted by Crippen LogP contribution is -1.88. The molecule has 0 saturated carbocycles. The molecule has 8 rings (SSSR count). The Bertz CT molecular complexity index is 2160. The highest BCUT2D eigenvalue weighted by Gasteiger charge is 2.15. The van der Waals surface area contributed by atoms with E-state index in [4.69, 9.17) is 9.40 Å². The molecule has 4 nitrogen and oxygen atoms in total. The van der Waals surface area contributed by atoms with Gasteiger partial charge >= 0.3 is 0 Å². The molecule has 0 bridgehead atoms. The number of rotatable bonds is 3. The number of pyridine rings is 3. The topological polar surface area (TPSA) is 51.8 Å². The molecule has 4 aromatic carbocycles. The van der Waals surface area contributed by atoms with Crippen LogP contribution < -0.4 is 0 Å². The minimum absolute atomic E-state index is 0.860. The predicted octanol–water partition coefficient (Wildman–Crippen LogP) is 9.08. The Labute approximate surface area is 224 Å². The molecule has 4 heteroatoms. The van der Waals surface area contributed by atoms with Crippen LogP contribution in [-0.2, 0) is 0 Å². The molecule has 0 fully saturated rings. The summed E-state index contributed by atoms with van der Waals surface area (Å²) in [7, 11) is 0.